The zero-order valence-electron chi connectivity index (χ0n) is 18.8. The lowest BCUT2D eigenvalue weighted by molar-refractivity contribution is 0.214. The molecular formula is C24H38N4O2. The molecule has 0 radical (unpaired) electrons. The van der Waals surface area contributed by atoms with Gasteiger partial charge in [0.15, 0.2) is 0 Å². The summed E-state index contributed by atoms with van der Waals surface area (Å²) in [6, 6.07) is 7.34. The van der Waals surface area contributed by atoms with Gasteiger partial charge in [0.05, 0.1) is 0 Å². The highest BCUT2D eigenvalue weighted by Gasteiger charge is 2.27. The van der Waals surface area contributed by atoms with Crippen LogP contribution in [0.25, 0.3) is 0 Å². The van der Waals surface area contributed by atoms with E-state index < -0.39 is 0 Å². The van der Waals surface area contributed by atoms with Crippen LogP contribution in [0.4, 0.5) is 21.0 Å². The number of hydrogen-bond acceptors (Lipinski definition) is 2. The predicted octanol–water partition coefficient (Wildman–Crippen LogP) is 5.58. The molecule has 0 spiro atoms. The zero-order chi connectivity index (χ0) is 21.7. The minimum atomic E-state index is -0.187. The van der Waals surface area contributed by atoms with E-state index in [0.717, 1.165) is 25.7 Å². The maximum Gasteiger partial charge on any atom is 0.319 e. The Morgan fingerprint density at radius 2 is 1.17 bits per heavy atom. The highest BCUT2D eigenvalue weighted by Crippen LogP contribution is 2.29. The molecule has 3 rings (SSSR count). The minimum Gasteiger partial charge on any atom is -0.335 e. The standard InChI is InChI=1S/C24H38N4O2/c1-15-8-10-17(3)21(12-15)27-23(29)25-19-6-5-7-20(14-19)26-24(30)28-22-13-16(2)9-11-18(22)4/h5-7,14-18,21-22H,8-13H2,1-4H3,(H2,25,27,29)(H2,26,28,30)/t15-,16+,17+,18-,21-,22-/m1/s1. The van der Waals surface area contributed by atoms with Gasteiger partial charge in [-0.1, -0.05) is 46.6 Å². The molecule has 30 heavy (non-hydrogen) atoms. The maximum atomic E-state index is 12.5. The topological polar surface area (TPSA) is 82.3 Å². The van der Waals surface area contributed by atoms with Gasteiger partial charge in [0.1, 0.15) is 0 Å². The van der Waals surface area contributed by atoms with Crippen molar-refractivity contribution in [3.8, 4) is 0 Å². The molecule has 166 valence electrons. The van der Waals surface area contributed by atoms with E-state index in [9.17, 15) is 9.59 Å². The molecule has 2 fully saturated rings. The van der Waals surface area contributed by atoms with Crippen LogP contribution in [0.3, 0.4) is 0 Å². The van der Waals surface area contributed by atoms with Crippen LogP contribution in [-0.2, 0) is 0 Å². The number of hydrogen-bond donors (Lipinski definition) is 4. The molecule has 2 saturated carbocycles. The van der Waals surface area contributed by atoms with Crippen molar-refractivity contribution in [2.75, 3.05) is 10.6 Å². The molecule has 6 atom stereocenters. The van der Waals surface area contributed by atoms with Crippen molar-refractivity contribution in [3.05, 3.63) is 24.3 Å². The lowest BCUT2D eigenvalue weighted by Gasteiger charge is -2.33. The number of amides is 4. The molecule has 0 bridgehead atoms. The van der Waals surface area contributed by atoms with Gasteiger partial charge >= 0.3 is 12.1 Å². The number of benzene rings is 1. The molecule has 0 saturated heterocycles. The lowest BCUT2D eigenvalue weighted by Crippen LogP contribution is -2.45. The van der Waals surface area contributed by atoms with Gasteiger partial charge in [0, 0.05) is 23.5 Å². The van der Waals surface area contributed by atoms with E-state index in [1.165, 1.54) is 12.8 Å². The molecule has 6 heteroatoms. The van der Waals surface area contributed by atoms with Gasteiger partial charge in [-0.3, -0.25) is 0 Å². The molecule has 4 N–H and O–H groups in total. The maximum absolute atomic E-state index is 12.5. The van der Waals surface area contributed by atoms with Crippen molar-refractivity contribution in [2.45, 2.75) is 78.3 Å². The summed E-state index contributed by atoms with van der Waals surface area (Å²) >= 11 is 0. The largest absolute Gasteiger partial charge is 0.335 e. The van der Waals surface area contributed by atoms with Crippen molar-refractivity contribution in [3.63, 3.8) is 0 Å². The number of rotatable bonds is 4. The summed E-state index contributed by atoms with van der Waals surface area (Å²) in [5.74, 6) is 2.28. The fraction of sp³-hybridized carbons (Fsp3) is 0.667. The summed E-state index contributed by atoms with van der Waals surface area (Å²) in [6.45, 7) is 8.89. The van der Waals surface area contributed by atoms with E-state index >= 15 is 0 Å². The molecule has 6 nitrogen and oxygen atoms in total. The van der Waals surface area contributed by atoms with Crippen LogP contribution in [0.1, 0.15) is 66.2 Å². The monoisotopic (exact) mass is 414 g/mol. The zero-order valence-corrected chi connectivity index (χ0v) is 18.8. The molecule has 1 aromatic rings. The van der Waals surface area contributed by atoms with Crippen LogP contribution < -0.4 is 21.3 Å². The van der Waals surface area contributed by atoms with Crippen LogP contribution in [0.2, 0.25) is 0 Å². The number of carbonyl (C=O) groups excluding carboxylic acids is 2. The third-order valence-electron chi connectivity index (χ3n) is 6.93. The number of anilines is 2. The average molecular weight is 415 g/mol. The molecule has 1 aromatic carbocycles. The van der Waals surface area contributed by atoms with E-state index in [2.05, 4.69) is 49.0 Å². The van der Waals surface area contributed by atoms with Crippen molar-refractivity contribution in [1.29, 1.82) is 0 Å². The van der Waals surface area contributed by atoms with Crippen molar-refractivity contribution >= 4 is 23.4 Å². The number of urea groups is 2. The van der Waals surface area contributed by atoms with Gasteiger partial charge in [-0.25, -0.2) is 9.59 Å². The van der Waals surface area contributed by atoms with Crippen molar-refractivity contribution in [1.82, 2.24) is 10.6 Å². The van der Waals surface area contributed by atoms with E-state index in [1.807, 2.05) is 18.2 Å². The van der Waals surface area contributed by atoms with Gasteiger partial charge < -0.3 is 21.3 Å². The Bertz CT molecular complexity index is 680. The molecule has 0 aliphatic heterocycles. The highest BCUT2D eigenvalue weighted by molar-refractivity contribution is 5.93. The number of nitrogens with one attached hydrogen (secondary N) is 4. The average Bonchev–Trinajstić information content (AvgIpc) is 2.68. The van der Waals surface area contributed by atoms with Crippen LogP contribution in [0, 0.1) is 23.7 Å². The van der Waals surface area contributed by atoms with E-state index in [-0.39, 0.29) is 24.1 Å². The van der Waals surface area contributed by atoms with Crippen LogP contribution >= 0.6 is 0 Å². The van der Waals surface area contributed by atoms with Gasteiger partial charge in [-0.05, 0) is 67.6 Å². The van der Waals surface area contributed by atoms with Crippen LogP contribution in [0.5, 0.6) is 0 Å². The minimum absolute atomic E-state index is 0.187. The van der Waals surface area contributed by atoms with Crippen LogP contribution in [0.15, 0.2) is 24.3 Å². The molecule has 2 aliphatic rings. The summed E-state index contributed by atoms with van der Waals surface area (Å²) in [5.41, 5.74) is 1.34. The highest BCUT2D eigenvalue weighted by atomic mass is 16.2. The van der Waals surface area contributed by atoms with E-state index in [0.29, 0.717) is 35.0 Å². The Hall–Kier alpha value is -2.24. The van der Waals surface area contributed by atoms with E-state index in [4.69, 9.17) is 0 Å². The van der Waals surface area contributed by atoms with Gasteiger partial charge in [-0.2, -0.15) is 0 Å². The van der Waals surface area contributed by atoms with Gasteiger partial charge in [0.25, 0.3) is 0 Å². The normalized spacial score (nSPS) is 31.5. The first-order valence-electron chi connectivity index (χ1n) is 11.5. The quantitative estimate of drug-likeness (QED) is 0.519. The number of carbonyl (C=O) groups is 2. The Kier molecular flexibility index (Phi) is 7.62. The SMILES string of the molecule is C[C@@H]1CC[C@H](C)[C@H](NC(=O)Nc2cccc(NC(=O)N[C@@H]3C[C@@H](C)CC[C@H]3C)c2)C1. The first kappa shape index (κ1) is 22.4. The Morgan fingerprint density at radius 1 is 0.733 bits per heavy atom. The summed E-state index contributed by atoms with van der Waals surface area (Å²) < 4.78 is 0. The molecule has 0 aromatic heterocycles. The first-order valence-corrected chi connectivity index (χ1v) is 11.5. The second-order valence-corrected chi connectivity index (χ2v) is 9.78. The predicted molar refractivity (Wildman–Crippen MR) is 123 cm³/mol. The molecule has 2 aliphatic carbocycles. The molecule has 0 heterocycles. The van der Waals surface area contributed by atoms with Crippen molar-refractivity contribution in [2.24, 2.45) is 23.7 Å². The van der Waals surface area contributed by atoms with Gasteiger partial charge in [-0.15, -0.1) is 0 Å². The fourth-order valence-corrected chi connectivity index (χ4v) is 4.81. The third kappa shape index (κ3) is 6.38. The Labute approximate surface area is 181 Å². The molecule has 4 amide bonds. The third-order valence-corrected chi connectivity index (χ3v) is 6.93. The smallest absolute Gasteiger partial charge is 0.319 e. The molecular weight excluding hydrogens is 376 g/mol. The fourth-order valence-electron chi connectivity index (χ4n) is 4.81. The molecule has 0 unspecified atom stereocenters. The second-order valence-electron chi connectivity index (χ2n) is 9.78. The van der Waals surface area contributed by atoms with Crippen LogP contribution in [-0.4, -0.2) is 24.1 Å². The second kappa shape index (κ2) is 10.2. The summed E-state index contributed by atoms with van der Waals surface area (Å²) in [7, 11) is 0. The van der Waals surface area contributed by atoms with E-state index in [1.54, 1.807) is 6.07 Å². The Morgan fingerprint density at radius 3 is 1.60 bits per heavy atom. The lowest BCUT2D eigenvalue weighted by atomic mass is 9.80. The first-order chi connectivity index (χ1) is 14.3. The summed E-state index contributed by atoms with van der Waals surface area (Å²) in [6.07, 6.45) is 6.81. The summed E-state index contributed by atoms with van der Waals surface area (Å²) in [5, 5.41) is 12.1. The Balaban J connectivity index is 1.51. The van der Waals surface area contributed by atoms with Gasteiger partial charge in [0.2, 0.25) is 0 Å². The summed E-state index contributed by atoms with van der Waals surface area (Å²) in [4.78, 5) is 24.9. The van der Waals surface area contributed by atoms with Crippen molar-refractivity contribution < 1.29 is 9.59 Å².